The van der Waals surface area contributed by atoms with E-state index in [0.717, 1.165) is 25.0 Å². The summed E-state index contributed by atoms with van der Waals surface area (Å²) >= 11 is 0. The van der Waals surface area contributed by atoms with E-state index in [2.05, 4.69) is 12.2 Å². The quantitative estimate of drug-likeness (QED) is 0.403. The molecule has 1 N–H and O–H groups in total. The van der Waals surface area contributed by atoms with Crippen LogP contribution in [0.2, 0.25) is 0 Å². The van der Waals surface area contributed by atoms with Crippen molar-refractivity contribution in [3.63, 3.8) is 0 Å². The molecule has 2 rings (SSSR count). The molecule has 172 valence electrons. The molecule has 7 heteroatoms. The van der Waals surface area contributed by atoms with Gasteiger partial charge in [-0.1, -0.05) is 40.0 Å². The summed E-state index contributed by atoms with van der Waals surface area (Å²) in [7, 11) is 0. The molecule has 1 unspecified atom stereocenters. The average Bonchev–Trinajstić information content (AvgIpc) is 2.75. The summed E-state index contributed by atoms with van der Waals surface area (Å²) in [6.45, 7) is 7.95. The maximum Gasteiger partial charge on any atom is 0.308 e. The summed E-state index contributed by atoms with van der Waals surface area (Å²) in [5.74, 6) is 0.0750. The molecule has 1 heterocycles. The molecule has 31 heavy (non-hydrogen) atoms. The van der Waals surface area contributed by atoms with E-state index < -0.39 is 12.0 Å². The summed E-state index contributed by atoms with van der Waals surface area (Å²) < 4.78 is 11.0. The highest BCUT2D eigenvalue weighted by atomic mass is 16.5. The highest BCUT2D eigenvalue weighted by Crippen LogP contribution is 2.18. The molecular weight excluding hydrogens is 396 g/mol. The average molecular weight is 433 g/mol. The zero-order valence-corrected chi connectivity index (χ0v) is 19.0. The Morgan fingerprint density at radius 1 is 1.13 bits per heavy atom. The minimum absolute atomic E-state index is 0.144. The molecule has 0 bridgehead atoms. The molecule has 1 aromatic rings. The molecule has 0 aromatic heterocycles. The smallest absolute Gasteiger partial charge is 0.308 e. The monoisotopic (exact) mass is 432 g/mol. The number of unbranched alkanes of at least 4 members (excludes halogenated alkanes) is 3. The van der Waals surface area contributed by atoms with E-state index >= 15 is 0 Å². The van der Waals surface area contributed by atoms with Gasteiger partial charge in [-0.2, -0.15) is 0 Å². The van der Waals surface area contributed by atoms with Gasteiger partial charge in [0.2, 0.25) is 5.91 Å². The van der Waals surface area contributed by atoms with E-state index in [1.165, 1.54) is 17.7 Å². The fourth-order valence-corrected chi connectivity index (χ4v) is 3.36. The van der Waals surface area contributed by atoms with Crippen LogP contribution in [-0.2, 0) is 14.3 Å². The lowest BCUT2D eigenvalue weighted by molar-refractivity contribution is -0.148. The van der Waals surface area contributed by atoms with Gasteiger partial charge in [-0.25, -0.2) is 0 Å². The number of ether oxygens (including phenoxy) is 2. The first kappa shape index (κ1) is 24.7. The minimum atomic E-state index is -0.859. The lowest BCUT2D eigenvalue weighted by Crippen LogP contribution is -2.57. The largest absolute Gasteiger partial charge is 0.494 e. The molecule has 1 aliphatic rings. The van der Waals surface area contributed by atoms with Crippen LogP contribution in [0, 0.1) is 5.92 Å². The van der Waals surface area contributed by atoms with Gasteiger partial charge in [-0.3, -0.25) is 14.4 Å². The predicted octanol–water partition coefficient (Wildman–Crippen LogP) is 3.57. The number of esters is 1. The minimum Gasteiger partial charge on any atom is -0.494 e. The maximum atomic E-state index is 13.0. The van der Waals surface area contributed by atoms with Crippen LogP contribution in [0.3, 0.4) is 0 Å². The van der Waals surface area contributed by atoms with Crippen LogP contribution in [-0.4, -0.2) is 55.0 Å². The van der Waals surface area contributed by atoms with Crippen LogP contribution in [0.25, 0.3) is 0 Å². The molecule has 0 radical (unpaired) electrons. The van der Waals surface area contributed by atoms with Crippen LogP contribution in [0.15, 0.2) is 24.3 Å². The Labute approximate surface area is 185 Å². The second-order valence-corrected chi connectivity index (χ2v) is 8.35. The number of carbonyl (C=O) groups excluding carboxylic acids is 3. The van der Waals surface area contributed by atoms with E-state index in [1.54, 1.807) is 24.3 Å². The molecule has 1 atom stereocenters. The third-order valence-electron chi connectivity index (χ3n) is 5.28. The summed E-state index contributed by atoms with van der Waals surface area (Å²) in [4.78, 5) is 39.1. The van der Waals surface area contributed by atoms with E-state index in [1.807, 2.05) is 13.8 Å². The van der Waals surface area contributed by atoms with Crippen LogP contribution in [0.5, 0.6) is 5.75 Å². The number of carbonyl (C=O) groups is 3. The Kier molecular flexibility index (Phi) is 10.3. The molecule has 7 nitrogen and oxygen atoms in total. The lowest BCUT2D eigenvalue weighted by atomic mass is 10.1. The van der Waals surface area contributed by atoms with Crippen molar-refractivity contribution in [3.05, 3.63) is 29.8 Å². The van der Waals surface area contributed by atoms with Gasteiger partial charge in [-0.05, 0) is 43.0 Å². The Morgan fingerprint density at radius 2 is 1.87 bits per heavy atom. The van der Waals surface area contributed by atoms with Crippen molar-refractivity contribution in [2.24, 2.45) is 5.92 Å². The van der Waals surface area contributed by atoms with Crippen molar-refractivity contribution >= 4 is 17.8 Å². The zero-order valence-electron chi connectivity index (χ0n) is 19.0. The standard InChI is InChI=1S/C24H36N2O5/c1-4-5-6-7-15-30-20-10-8-19(9-11-20)24(29)26-14-13-25-23(28)21(26)17-22(27)31-16-12-18(2)3/h8-11,18,21H,4-7,12-17H2,1-3H3,(H,25,28). The van der Waals surface area contributed by atoms with Crippen molar-refractivity contribution in [2.45, 2.75) is 65.3 Å². The van der Waals surface area contributed by atoms with Crippen LogP contribution >= 0.6 is 0 Å². The second kappa shape index (κ2) is 13.0. The van der Waals surface area contributed by atoms with Gasteiger partial charge in [0.15, 0.2) is 0 Å². The Bertz CT molecular complexity index is 717. The molecule has 1 aromatic carbocycles. The van der Waals surface area contributed by atoms with Crippen LogP contribution in [0.1, 0.15) is 69.7 Å². The fraction of sp³-hybridized carbons (Fsp3) is 0.625. The summed E-state index contributed by atoms with van der Waals surface area (Å²) in [6, 6.07) is 6.09. The van der Waals surface area contributed by atoms with E-state index in [4.69, 9.17) is 9.47 Å². The second-order valence-electron chi connectivity index (χ2n) is 8.35. The van der Waals surface area contributed by atoms with Gasteiger partial charge >= 0.3 is 5.97 Å². The van der Waals surface area contributed by atoms with Gasteiger partial charge in [-0.15, -0.1) is 0 Å². The summed E-state index contributed by atoms with van der Waals surface area (Å²) in [5.41, 5.74) is 0.464. The van der Waals surface area contributed by atoms with Crippen molar-refractivity contribution in [3.8, 4) is 5.75 Å². The molecule has 2 amide bonds. The number of amides is 2. The number of benzene rings is 1. The third-order valence-corrected chi connectivity index (χ3v) is 5.28. The van der Waals surface area contributed by atoms with E-state index in [0.29, 0.717) is 37.8 Å². The van der Waals surface area contributed by atoms with Crippen molar-refractivity contribution in [2.75, 3.05) is 26.3 Å². The van der Waals surface area contributed by atoms with Gasteiger partial charge in [0, 0.05) is 18.7 Å². The maximum absolute atomic E-state index is 13.0. The first-order valence-electron chi connectivity index (χ1n) is 11.4. The SMILES string of the molecule is CCCCCCOc1ccc(C(=O)N2CCNC(=O)C2CC(=O)OCCC(C)C)cc1. The number of nitrogens with one attached hydrogen (secondary N) is 1. The van der Waals surface area contributed by atoms with Gasteiger partial charge < -0.3 is 19.7 Å². The lowest BCUT2D eigenvalue weighted by Gasteiger charge is -2.34. The van der Waals surface area contributed by atoms with Crippen molar-refractivity contribution in [1.29, 1.82) is 0 Å². The van der Waals surface area contributed by atoms with Gasteiger partial charge in [0.25, 0.3) is 5.91 Å². The number of hydrogen-bond donors (Lipinski definition) is 1. The molecular formula is C24H36N2O5. The summed E-state index contributed by atoms with van der Waals surface area (Å²) in [5, 5.41) is 2.73. The van der Waals surface area contributed by atoms with Gasteiger partial charge in [0.1, 0.15) is 11.8 Å². The van der Waals surface area contributed by atoms with Crippen LogP contribution < -0.4 is 10.1 Å². The molecule has 0 spiro atoms. The third kappa shape index (κ3) is 8.23. The normalized spacial score (nSPS) is 16.2. The summed E-state index contributed by atoms with van der Waals surface area (Å²) in [6.07, 6.45) is 5.15. The molecule has 1 fully saturated rings. The molecule has 0 saturated carbocycles. The van der Waals surface area contributed by atoms with Crippen molar-refractivity contribution < 1.29 is 23.9 Å². The van der Waals surface area contributed by atoms with Gasteiger partial charge in [0.05, 0.1) is 19.6 Å². The Balaban J connectivity index is 1.94. The number of hydrogen-bond acceptors (Lipinski definition) is 5. The number of piperazine rings is 1. The molecule has 1 saturated heterocycles. The first-order chi connectivity index (χ1) is 14.9. The highest BCUT2D eigenvalue weighted by Gasteiger charge is 2.35. The number of nitrogens with zero attached hydrogens (tertiary/aromatic N) is 1. The number of rotatable bonds is 12. The topological polar surface area (TPSA) is 84.9 Å². The zero-order chi connectivity index (χ0) is 22.6. The highest BCUT2D eigenvalue weighted by molar-refractivity contribution is 5.99. The van der Waals surface area contributed by atoms with E-state index in [9.17, 15) is 14.4 Å². The van der Waals surface area contributed by atoms with E-state index in [-0.39, 0.29) is 18.2 Å². The van der Waals surface area contributed by atoms with Crippen LogP contribution in [0.4, 0.5) is 0 Å². The first-order valence-corrected chi connectivity index (χ1v) is 11.4. The fourth-order valence-electron chi connectivity index (χ4n) is 3.36. The Morgan fingerprint density at radius 3 is 2.55 bits per heavy atom. The Hall–Kier alpha value is -2.57. The molecule has 0 aliphatic carbocycles. The molecule has 1 aliphatic heterocycles. The van der Waals surface area contributed by atoms with Crippen molar-refractivity contribution in [1.82, 2.24) is 10.2 Å². The predicted molar refractivity (Wildman–Crippen MR) is 119 cm³/mol.